The number of imidazole rings is 2. The molecule has 1 aromatic carbocycles. The van der Waals surface area contributed by atoms with E-state index in [-0.39, 0.29) is 5.97 Å². The van der Waals surface area contributed by atoms with Gasteiger partial charge in [0.1, 0.15) is 11.5 Å². The highest BCUT2D eigenvalue weighted by molar-refractivity contribution is 5.87. The minimum atomic E-state index is -0.405. The highest BCUT2D eigenvalue weighted by Gasteiger charge is 2.23. The van der Waals surface area contributed by atoms with Gasteiger partial charge < -0.3 is 13.9 Å². The zero-order valence-electron chi connectivity index (χ0n) is 14.5. The number of rotatable bonds is 7. The zero-order valence-corrected chi connectivity index (χ0v) is 14.5. The van der Waals surface area contributed by atoms with Gasteiger partial charge in [0.2, 0.25) is 0 Å². The summed E-state index contributed by atoms with van der Waals surface area (Å²) in [5.41, 5.74) is 1.64. The summed E-state index contributed by atoms with van der Waals surface area (Å²) in [6.45, 7) is 2.82. The maximum absolute atomic E-state index is 12.5. The number of ether oxygens (including phenoxy) is 1. The van der Waals surface area contributed by atoms with Crippen molar-refractivity contribution >= 4 is 5.97 Å². The largest absolute Gasteiger partial charge is 0.449 e. The van der Waals surface area contributed by atoms with E-state index in [9.17, 15) is 4.79 Å². The first-order valence-corrected chi connectivity index (χ1v) is 8.41. The lowest BCUT2D eigenvalue weighted by Crippen LogP contribution is -2.18. The Morgan fingerprint density at radius 3 is 2.76 bits per heavy atom. The Hall–Kier alpha value is -2.89. The molecule has 0 aliphatic rings. The fourth-order valence-electron chi connectivity index (χ4n) is 2.80. The summed E-state index contributed by atoms with van der Waals surface area (Å²) >= 11 is 0. The number of benzene rings is 1. The third-order valence-corrected chi connectivity index (χ3v) is 4.19. The Kier molecular flexibility index (Phi) is 5.28. The first-order chi connectivity index (χ1) is 12.2. The van der Waals surface area contributed by atoms with Crippen LogP contribution in [0.15, 0.2) is 55.2 Å². The second-order valence-electron chi connectivity index (χ2n) is 5.88. The molecule has 0 saturated heterocycles. The predicted molar refractivity (Wildman–Crippen MR) is 94.0 cm³/mol. The van der Waals surface area contributed by atoms with Crippen molar-refractivity contribution in [2.45, 2.75) is 32.4 Å². The first kappa shape index (κ1) is 17.0. The Morgan fingerprint density at radius 2 is 2.08 bits per heavy atom. The van der Waals surface area contributed by atoms with Gasteiger partial charge in [0.25, 0.3) is 0 Å². The van der Waals surface area contributed by atoms with Crippen LogP contribution in [0.5, 0.6) is 0 Å². The van der Waals surface area contributed by atoms with E-state index in [1.807, 2.05) is 35.9 Å². The minimum absolute atomic E-state index is 0.385. The molecule has 1 atom stereocenters. The fourth-order valence-corrected chi connectivity index (χ4v) is 2.80. The third kappa shape index (κ3) is 3.96. The van der Waals surface area contributed by atoms with Gasteiger partial charge in [-0.1, -0.05) is 30.3 Å². The molecule has 0 radical (unpaired) electrons. The number of carbonyl (C=O) groups excluding carboxylic acids is 1. The number of aryl methyl sites for hydroxylation is 3. The highest BCUT2D eigenvalue weighted by Crippen LogP contribution is 2.23. The summed E-state index contributed by atoms with van der Waals surface area (Å²) in [7, 11) is 1.77. The molecule has 0 aliphatic heterocycles. The minimum Gasteiger partial charge on any atom is -0.449 e. The van der Waals surface area contributed by atoms with Gasteiger partial charge in [0.05, 0.1) is 12.5 Å². The number of hydrogen-bond donors (Lipinski definition) is 0. The van der Waals surface area contributed by atoms with Crippen LogP contribution in [0.4, 0.5) is 0 Å². The molecule has 6 heteroatoms. The number of hydrogen-bond acceptors (Lipinski definition) is 4. The molecule has 0 aliphatic carbocycles. The van der Waals surface area contributed by atoms with Gasteiger partial charge in [-0.05, 0) is 25.3 Å². The molecule has 0 unspecified atom stereocenters. The number of esters is 1. The van der Waals surface area contributed by atoms with E-state index in [1.165, 1.54) is 11.8 Å². The molecule has 3 rings (SSSR count). The monoisotopic (exact) mass is 338 g/mol. The van der Waals surface area contributed by atoms with E-state index in [0.717, 1.165) is 18.8 Å². The van der Waals surface area contributed by atoms with Crippen molar-refractivity contribution in [2.24, 2.45) is 7.05 Å². The van der Waals surface area contributed by atoms with Crippen LogP contribution >= 0.6 is 0 Å². The van der Waals surface area contributed by atoms with Crippen LogP contribution in [0.25, 0.3) is 0 Å². The molecule has 0 spiro atoms. The van der Waals surface area contributed by atoms with Crippen molar-refractivity contribution in [3.8, 4) is 0 Å². The van der Waals surface area contributed by atoms with Crippen molar-refractivity contribution in [3.63, 3.8) is 0 Å². The quantitative estimate of drug-likeness (QED) is 0.621. The molecule has 6 nitrogen and oxygen atoms in total. The molecule has 0 amide bonds. The summed E-state index contributed by atoms with van der Waals surface area (Å²) in [5.74, 6) is 0.387. The predicted octanol–water partition coefficient (Wildman–Crippen LogP) is 3.17. The van der Waals surface area contributed by atoms with Crippen LogP contribution in [0.2, 0.25) is 0 Å². The van der Waals surface area contributed by atoms with Crippen LogP contribution in [-0.2, 0) is 24.8 Å². The molecule has 0 saturated carbocycles. The van der Waals surface area contributed by atoms with Gasteiger partial charge in [-0.2, -0.15) is 0 Å². The molecule has 25 heavy (non-hydrogen) atoms. The average molecular weight is 338 g/mol. The molecule has 3 aromatic rings. The van der Waals surface area contributed by atoms with Gasteiger partial charge in [-0.25, -0.2) is 14.8 Å². The fraction of sp³-hybridized carbons (Fsp3) is 0.316. The van der Waals surface area contributed by atoms with Crippen LogP contribution in [0.3, 0.4) is 0 Å². The maximum atomic E-state index is 12.5. The lowest BCUT2D eigenvalue weighted by Gasteiger charge is -2.18. The summed E-state index contributed by atoms with van der Waals surface area (Å²) in [4.78, 5) is 20.9. The molecule has 2 heterocycles. The molecular formula is C19H22N4O2. The lowest BCUT2D eigenvalue weighted by molar-refractivity contribution is 0.0236. The number of nitrogens with zero attached hydrogens (tertiary/aromatic N) is 4. The molecule has 2 aromatic heterocycles. The summed E-state index contributed by atoms with van der Waals surface area (Å²) < 4.78 is 9.46. The van der Waals surface area contributed by atoms with E-state index in [0.29, 0.717) is 12.1 Å². The van der Waals surface area contributed by atoms with Gasteiger partial charge in [0, 0.05) is 26.0 Å². The Balaban J connectivity index is 1.79. The molecular weight excluding hydrogens is 316 g/mol. The van der Waals surface area contributed by atoms with Crippen molar-refractivity contribution in [1.82, 2.24) is 19.1 Å². The van der Waals surface area contributed by atoms with Crippen LogP contribution < -0.4 is 0 Å². The van der Waals surface area contributed by atoms with Crippen molar-refractivity contribution < 1.29 is 9.53 Å². The van der Waals surface area contributed by atoms with E-state index < -0.39 is 6.10 Å². The van der Waals surface area contributed by atoms with Gasteiger partial charge in [0.15, 0.2) is 6.10 Å². The zero-order chi connectivity index (χ0) is 17.6. The van der Waals surface area contributed by atoms with E-state index in [1.54, 1.807) is 24.1 Å². The SMILES string of the molecule is CCn1ccnc1[C@@H](CCc1ccccc1)OC(=O)c1cncn1C. The second-order valence-corrected chi connectivity index (χ2v) is 5.88. The van der Waals surface area contributed by atoms with Crippen LogP contribution in [0, 0.1) is 0 Å². The van der Waals surface area contributed by atoms with Gasteiger partial charge >= 0.3 is 5.97 Å². The van der Waals surface area contributed by atoms with E-state index >= 15 is 0 Å². The van der Waals surface area contributed by atoms with Crippen LogP contribution in [0.1, 0.15) is 41.3 Å². The number of aromatic nitrogens is 4. The number of carbonyl (C=O) groups is 1. The van der Waals surface area contributed by atoms with Gasteiger partial charge in [-0.15, -0.1) is 0 Å². The van der Waals surface area contributed by atoms with Gasteiger partial charge in [-0.3, -0.25) is 0 Å². The standard InChI is InChI=1S/C19H22N4O2/c1-3-23-12-11-21-18(23)17(10-9-15-7-5-4-6-8-15)25-19(24)16-13-20-14-22(16)2/h4-8,11-14,17H,3,9-10H2,1-2H3/t17-/m1/s1. The van der Waals surface area contributed by atoms with E-state index in [2.05, 4.69) is 22.1 Å². The smallest absolute Gasteiger partial charge is 0.357 e. The molecule has 130 valence electrons. The summed E-state index contributed by atoms with van der Waals surface area (Å²) in [6.07, 6.45) is 7.82. The van der Waals surface area contributed by atoms with E-state index in [4.69, 9.17) is 4.74 Å². The maximum Gasteiger partial charge on any atom is 0.357 e. The highest BCUT2D eigenvalue weighted by atomic mass is 16.5. The Morgan fingerprint density at radius 1 is 1.28 bits per heavy atom. The lowest BCUT2D eigenvalue weighted by atomic mass is 10.1. The summed E-state index contributed by atoms with van der Waals surface area (Å²) in [5, 5.41) is 0. The van der Waals surface area contributed by atoms with Crippen molar-refractivity contribution in [2.75, 3.05) is 0 Å². The Bertz CT molecular complexity index is 823. The van der Waals surface area contributed by atoms with Crippen LogP contribution in [-0.4, -0.2) is 25.1 Å². The first-order valence-electron chi connectivity index (χ1n) is 8.41. The molecule has 0 N–H and O–H groups in total. The summed E-state index contributed by atoms with van der Waals surface area (Å²) in [6, 6.07) is 10.2. The topological polar surface area (TPSA) is 61.9 Å². The van der Waals surface area contributed by atoms with Crippen molar-refractivity contribution in [1.29, 1.82) is 0 Å². The second kappa shape index (κ2) is 7.79. The normalized spacial score (nSPS) is 12.1. The average Bonchev–Trinajstić information content (AvgIpc) is 3.27. The third-order valence-electron chi connectivity index (χ3n) is 4.19. The molecule has 0 fully saturated rings. The van der Waals surface area contributed by atoms with Crippen molar-refractivity contribution in [3.05, 3.63) is 72.3 Å². The Labute approximate surface area is 147 Å². The molecule has 0 bridgehead atoms.